The smallest absolute Gasteiger partial charge is 0.321 e. The Labute approximate surface area is 143 Å². The second-order valence-corrected chi connectivity index (χ2v) is 20.2. The fourth-order valence-electron chi connectivity index (χ4n) is 3.10. The topological polar surface area (TPSA) is 81.7 Å². The van der Waals surface area contributed by atoms with Gasteiger partial charge < -0.3 is 14.0 Å². The van der Waals surface area contributed by atoms with Crippen LogP contribution in [0.4, 0.5) is 0 Å². The van der Waals surface area contributed by atoms with Crippen LogP contribution in [0.25, 0.3) is 0 Å². The molecule has 2 heterocycles. The zero-order chi connectivity index (χ0) is 18.0. The van der Waals surface area contributed by atoms with Crippen molar-refractivity contribution in [3.63, 3.8) is 0 Å². The monoisotopic (exact) mass is 376 g/mol. The number of β-lactam (4-membered cyclic amide) rings is 1. The van der Waals surface area contributed by atoms with E-state index in [1.165, 1.54) is 4.90 Å². The number of nitrogens with one attached hydrogen (secondary N) is 1. The summed E-state index contributed by atoms with van der Waals surface area (Å²) in [4.78, 5) is 30.1. The maximum Gasteiger partial charge on any atom is 0.321 e. The molecule has 2 aliphatic heterocycles. The number of rotatable bonds is 4. The molecule has 1 amide bonds. The minimum atomic E-state index is -2.07. The predicted octanol–water partition coefficient (Wildman–Crippen LogP) is 1.24. The first kappa shape index (κ1) is 19.0. The van der Waals surface area contributed by atoms with Gasteiger partial charge in [-0.25, -0.2) is 0 Å². The summed E-state index contributed by atoms with van der Waals surface area (Å²) in [6.07, 6.45) is 0. The zero-order valence-corrected chi connectivity index (χ0v) is 18.0. The third-order valence-electron chi connectivity index (χ3n) is 3.97. The van der Waals surface area contributed by atoms with Gasteiger partial charge in [-0.1, -0.05) is 19.6 Å². The van der Waals surface area contributed by atoms with Crippen molar-refractivity contribution in [2.45, 2.75) is 75.3 Å². The molecule has 0 aromatic carbocycles. The molecule has 2 unspecified atom stereocenters. The number of hydrogen-bond acceptors (Lipinski definition) is 5. The lowest BCUT2D eigenvalue weighted by Crippen LogP contribution is -2.74. The maximum atomic E-state index is 12.9. The molecule has 2 fully saturated rings. The number of fused-ring (bicyclic) bond motifs is 1. The third kappa shape index (κ3) is 3.39. The summed E-state index contributed by atoms with van der Waals surface area (Å²) < 4.78 is 17.7. The van der Waals surface area contributed by atoms with Crippen LogP contribution >= 0.6 is 0 Å². The fraction of sp³-hybridized carbons (Fsp3) is 0.857. The summed E-state index contributed by atoms with van der Waals surface area (Å²) in [5, 5.41) is -0.427. The number of nitrogens with zero attached hydrogens (tertiary/aromatic N) is 1. The lowest BCUT2D eigenvalue weighted by atomic mass is 9.96. The summed E-state index contributed by atoms with van der Waals surface area (Å²) in [7, 11) is -3.77. The van der Waals surface area contributed by atoms with Gasteiger partial charge in [0.05, 0.1) is 0 Å². The van der Waals surface area contributed by atoms with Crippen LogP contribution in [-0.2, 0) is 25.2 Å². The molecule has 0 bridgehead atoms. The van der Waals surface area contributed by atoms with E-state index in [2.05, 4.69) is 24.6 Å². The first-order valence-corrected chi connectivity index (χ1v) is 16.0. The summed E-state index contributed by atoms with van der Waals surface area (Å²) >= 11 is -1.31. The molecule has 6 nitrogen and oxygen atoms in total. The zero-order valence-electron chi connectivity index (χ0n) is 15.2. The minimum Gasteiger partial charge on any atom is -0.614 e. The molecule has 132 valence electrons. The highest BCUT2D eigenvalue weighted by atomic mass is 32.2. The minimum absolute atomic E-state index is 0.131. The number of carbonyl (C=O) groups excluding carboxylic acids is 2. The van der Waals surface area contributed by atoms with Crippen molar-refractivity contribution in [1.82, 2.24) is 9.88 Å². The molecule has 2 saturated heterocycles. The molecule has 0 aromatic rings. The van der Waals surface area contributed by atoms with Crippen LogP contribution in [-0.4, -0.2) is 60.1 Å². The van der Waals surface area contributed by atoms with E-state index in [1.54, 1.807) is 13.8 Å². The molecular formula is C14H28N2O4SSi2. The molecule has 0 spiro atoms. The van der Waals surface area contributed by atoms with Crippen molar-refractivity contribution in [1.29, 1.82) is 0 Å². The highest BCUT2D eigenvalue weighted by Gasteiger charge is 2.73. The Balaban J connectivity index is 2.27. The lowest BCUT2D eigenvalue weighted by Gasteiger charge is -2.44. The van der Waals surface area contributed by atoms with E-state index in [1.807, 2.05) is 19.6 Å². The van der Waals surface area contributed by atoms with Gasteiger partial charge in [-0.2, -0.15) is 0 Å². The SMILES string of the molecule is CC1(C)[C@H](C(=O)O[Si](C)(C)C)N2C(=O)C(N[Si](C)(C)C)[C@H]2[S+]1[O-]. The molecule has 0 radical (unpaired) electrons. The standard InChI is InChI=1S/C14H28N2O4SSi2/c1-14(2)10(13(18)20-23(6,7)8)16-11(17)9(12(16)21(14)19)15-22(3,4)5/h9-10,12,15H,1-8H3/t9?,10-,12+,21?/m0/s1. The Kier molecular flexibility index (Phi) is 4.61. The Morgan fingerprint density at radius 3 is 2.22 bits per heavy atom. The van der Waals surface area contributed by atoms with Crippen molar-refractivity contribution in [3.05, 3.63) is 0 Å². The van der Waals surface area contributed by atoms with Crippen LogP contribution in [0, 0.1) is 0 Å². The van der Waals surface area contributed by atoms with E-state index in [-0.39, 0.29) is 5.91 Å². The Bertz CT molecular complexity index is 530. The van der Waals surface area contributed by atoms with Gasteiger partial charge in [0, 0.05) is 0 Å². The van der Waals surface area contributed by atoms with E-state index in [0.717, 1.165) is 0 Å². The third-order valence-corrected chi connectivity index (χ3v) is 8.16. The van der Waals surface area contributed by atoms with Gasteiger partial charge in [0.2, 0.25) is 13.7 Å². The number of hydrogen-bond donors (Lipinski definition) is 1. The molecule has 23 heavy (non-hydrogen) atoms. The highest BCUT2D eigenvalue weighted by molar-refractivity contribution is 7.94. The van der Waals surface area contributed by atoms with Crippen LogP contribution in [0.15, 0.2) is 0 Å². The molecule has 2 rings (SSSR count). The summed E-state index contributed by atoms with van der Waals surface area (Å²) in [5.41, 5.74) is 0. The molecule has 9 heteroatoms. The van der Waals surface area contributed by atoms with Crippen molar-refractivity contribution < 1.29 is 18.6 Å². The normalized spacial score (nSPS) is 33.3. The lowest BCUT2D eigenvalue weighted by molar-refractivity contribution is -0.158. The first-order valence-electron chi connectivity index (χ1n) is 7.90. The van der Waals surface area contributed by atoms with E-state index >= 15 is 0 Å². The number of amides is 1. The quantitative estimate of drug-likeness (QED) is 0.453. The van der Waals surface area contributed by atoms with Gasteiger partial charge in [0.1, 0.15) is 14.3 Å². The van der Waals surface area contributed by atoms with E-state index in [9.17, 15) is 14.1 Å². The Morgan fingerprint density at radius 1 is 1.26 bits per heavy atom. The average Bonchev–Trinajstić information content (AvgIpc) is 2.49. The van der Waals surface area contributed by atoms with Crippen molar-refractivity contribution in [3.8, 4) is 0 Å². The van der Waals surface area contributed by atoms with Crippen molar-refractivity contribution in [2.24, 2.45) is 0 Å². The van der Waals surface area contributed by atoms with Crippen LogP contribution in [0.3, 0.4) is 0 Å². The molecule has 4 atom stereocenters. The molecule has 1 N–H and O–H groups in total. The van der Waals surface area contributed by atoms with Gasteiger partial charge in [-0.3, -0.25) is 14.5 Å². The van der Waals surface area contributed by atoms with E-state index in [4.69, 9.17) is 4.43 Å². The largest absolute Gasteiger partial charge is 0.614 e. The van der Waals surface area contributed by atoms with Gasteiger partial charge in [0.25, 0.3) is 5.91 Å². The molecule has 0 aromatic heterocycles. The van der Waals surface area contributed by atoms with Crippen LogP contribution < -0.4 is 4.98 Å². The van der Waals surface area contributed by atoms with Crippen molar-refractivity contribution >= 4 is 39.6 Å². The van der Waals surface area contributed by atoms with E-state index in [0.29, 0.717) is 0 Å². The van der Waals surface area contributed by atoms with Gasteiger partial charge in [0.15, 0.2) is 10.8 Å². The van der Waals surface area contributed by atoms with Crippen LogP contribution in [0.5, 0.6) is 0 Å². The highest BCUT2D eigenvalue weighted by Crippen LogP contribution is 2.46. The molecule has 0 saturated carbocycles. The maximum absolute atomic E-state index is 12.9. The molecular weight excluding hydrogens is 348 g/mol. The summed E-state index contributed by atoms with van der Waals surface area (Å²) in [5.74, 6) is -0.543. The fourth-order valence-corrected chi connectivity index (χ4v) is 7.06. The van der Waals surface area contributed by atoms with E-state index < -0.39 is 55.9 Å². The van der Waals surface area contributed by atoms with Crippen LogP contribution in [0.1, 0.15) is 13.8 Å². The second kappa shape index (κ2) is 5.58. The second-order valence-electron chi connectivity index (χ2n) is 8.84. The predicted molar refractivity (Wildman–Crippen MR) is 96.4 cm³/mol. The average molecular weight is 377 g/mol. The number of carbonyl (C=O) groups is 2. The summed E-state index contributed by atoms with van der Waals surface area (Å²) in [6.45, 7) is 15.7. The van der Waals surface area contributed by atoms with Gasteiger partial charge >= 0.3 is 5.97 Å². The van der Waals surface area contributed by atoms with Gasteiger partial charge in [-0.05, 0) is 44.7 Å². The van der Waals surface area contributed by atoms with Crippen molar-refractivity contribution in [2.75, 3.05) is 0 Å². The van der Waals surface area contributed by atoms with Crippen LogP contribution in [0.2, 0.25) is 39.3 Å². The molecule has 0 aliphatic carbocycles. The Morgan fingerprint density at radius 2 is 1.78 bits per heavy atom. The molecule has 2 aliphatic rings. The first-order chi connectivity index (χ1) is 10.2. The Hall–Kier alpha value is -0.356. The van der Waals surface area contributed by atoms with Gasteiger partial charge in [-0.15, -0.1) is 0 Å². The summed E-state index contributed by atoms with van der Waals surface area (Å²) in [6, 6.07) is -1.20.